The van der Waals surface area contributed by atoms with Crippen molar-refractivity contribution in [3.05, 3.63) is 71.2 Å². The average molecular weight is 613 g/mol. The first-order valence-electron chi connectivity index (χ1n) is 14.9. The van der Waals surface area contributed by atoms with Gasteiger partial charge in [0.15, 0.2) is 0 Å². The number of pyridine rings is 1. The largest absolute Gasteiger partial charge is 0.509 e. The van der Waals surface area contributed by atoms with Crippen molar-refractivity contribution in [1.29, 1.82) is 0 Å². The number of phenols is 1. The number of aliphatic imine (C=N–C) groups is 1. The molecule has 2 unspecified atom stereocenters. The zero-order valence-corrected chi connectivity index (χ0v) is 28.0. The summed E-state index contributed by atoms with van der Waals surface area (Å²) in [5.74, 6) is 0.742. The van der Waals surface area contributed by atoms with Crippen LogP contribution in [0.25, 0.3) is 5.70 Å². The number of rotatable bonds is 9. The number of hydrogen-bond donors (Lipinski definition) is 2. The lowest BCUT2D eigenvalue weighted by Crippen LogP contribution is -2.31. The molecule has 1 aliphatic heterocycles. The van der Waals surface area contributed by atoms with Crippen molar-refractivity contribution in [3.8, 4) is 5.75 Å². The second-order valence-corrected chi connectivity index (χ2v) is 12.4. The van der Waals surface area contributed by atoms with Crippen molar-refractivity contribution in [1.82, 2.24) is 14.8 Å². The van der Waals surface area contributed by atoms with Crippen LogP contribution in [0, 0.1) is 12.8 Å². The number of hydrogen-bond acceptors (Lipinski definition) is 6. The number of nitrogens with one attached hydrogen (secondary N) is 1. The van der Waals surface area contributed by atoms with Crippen LogP contribution in [0.3, 0.4) is 0 Å². The molecule has 2 N–H and O–H groups in total. The first kappa shape index (κ1) is 32.9. The number of aromatic hydroxyl groups is 1. The summed E-state index contributed by atoms with van der Waals surface area (Å²) in [6, 6.07) is 3.41. The van der Waals surface area contributed by atoms with Gasteiger partial charge in [-0.05, 0) is 73.8 Å². The summed E-state index contributed by atoms with van der Waals surface area (Å²) in [5, 5.41) is 18.8. The van der Waals surface area contributed by atoms with E-state index in [1.165, 1.54) is 0 Å². The Bertz CT molecular complexity index is 1690. The molecule has 11 heteroatoms. The van der Waals surface area contributed by atoms with Gasteiger partial charge in [0.25, 0.3) is 5.91 Å². The molecule has 0 spiro atoms. The van der Waals surface area contributed by atoms with E-state index in [1.54, 1.807) is 41.2 Å². The average Bonchev–Trinajstić information content (AvgIpc) is 3.57. The van der Waals surface area contributed by atoms with Gasteiger partial charge >= 0.3 is 0 Å². The molecule has 1 fully saturated rings. The predicted molar refractivity (Wildman–Crippen MR) is 185 cm³/mol. The van der Waals surface area contributed by atoms with Gasteiger partial charge in [0.05, 0.1) is 23.6 Å². The summed E-state index contributed by atoms with van der Waals surface area (Å²) in [6.07, 6.45) is 7.84. The summed E-state index contributed by atoms with van der Waals surface area (Å²) in [7, 11) is 4.59. The van der Waals surface area contributed by atoms with Crippen molar-refractivity contribution in [2.75, 3.05) is 16.8 Å². The van der Waals surface area contributed by atoms with Crippen LogP contribution in [0.1, 0.15) is 82.2 Å². The van der Waals surface area contributed by atoms with Crippen molar-refractivity contribution < 1.29 is 14.7 Å². The van der Waals surface area contributed by atoms with E-state index >= 15 is 0 Å². The Morgan fingerprint density at radius 3 is 2.57 bits per heavy atom. The standard InChI is InChI=1S/C33H42BN6O3P/c1-9-25(27-23(17(2)3)10-11-26(41)28(27)34)38-29(18(4)5)32(42)37-22-14-36-40(16-22)21(8)24-15-35-31(30(44)20(24)7)39-13-12-19(6)33(39)43/h9-11,14-17,19,21,41H,4,12-13,34,44H2,1-3,5-8H3,(H,37,42)/b25-9-,38-29+/t19-,21?/m1/s1. The Labute approximate surface area is 263 Å². The lowest BCUT2D eigenvalue weighted by Gasteiger charge is -2.22. The molecule has 3 aromatic rings. The smallest absolute Gasteiger partial charge is 0.274 e. The first-order chi connectivity index (χ1) is 20.8. The molecule has 9 nitrogen and oxygen atoms in total. The maximum absolute atomic E-state index is 13.5. The van der Waals surface area contributed by atoms with Crippen molar-refractivity contribution in [2.45, 2.75) is 66.8 Å². The van der Waals surface area contributed by atoms with E-state index in [-0.39, 0.29) is 35.2 Å². The van der Waals surface area contributed by atoms with Crippen LogP contribution in [-0.2, 0) is 9.59 Å². The number of allylic oxidation sites excluding steroid dienone is 1. The Morgan fingerprint density at radius 1 is 1.27 bits per heavy atom. The molecule has 230 valence electrons. The van der Waals surface area contributed by atoms with Gasteiger partial charge in [0.1, 0.15) is 25.1 Å². The third-order valence-corrected chi connectivity index (χ3v) is 9.00. The maximum atomic E-state index is 13.5. The third kappa shape index (κ3) is 6.41. The van der Waals surface area contributed by atoms with Gasteiger partial charge < -0.3 is 10.4 Å². The summed E-state index contributed by atoms with van der Waals surface area (Å²) in [4.78, 5) is 37.3. The van der Waals surface area contributed by atoms with Crippen molar-refractivity contribution in [3.63, 3.8) is 0 Å². The number of carbonyl (C=O) groups is 2. The highest BCUT2D eigenvalue weighted by molar-refractivity contribution is 7.28. The molecule has 1 saturated heterocycles. The minimum absolute atomic E-state index is 0.00574. The molecule has 3 atom stereocenters. The van der Waals surface area contributed by atoms with Crippen molar-refractivity contribution in [2.24, 2.45) is 10.9 Å². The van der Waals surface area contributed by atoms with Gasteiger partial charge in [0, 0.05) is 35.7 Å². The van der Waals surface area contributed by atoms with E-state index in [2.05, 4.69) is 45.1 Å². The first-order valence-corrected chi connectivity index (χ1v) is 15.5. The van der Waals surface area contributed by atoms with Gasteiger partial charge in [-0.1, -0.05) is 39.5 Å². The molecule has 3 heterocycles. The zero-order chi connectivity index (χ0) is 32.5. The monoisotopic (exact) mass is 612 g/mol. The van der Waals surface area contributed by atoms with Crippen LogP contribution in [0.4, 0.5) is 11.5 Å². The van der Waals surface area contributed by atoms with Crippen LogP contribution < -0.4 is 21.0 Å². The quantitative estimate of drug-likeness (QED) is 0.214. The van der Waals surface area contributed by atoms with E-state index in [0.717, 1.165) is 34.0 Å². The fourth-order valence-corrected chi connectivity index (χ4v) is 5.90. The number of aromatic nitrogens is 3. The minimum Gasteiger partial charge on any atom is -0.509 e. The summed E-state index contributed by atoms with van der Waals surface area (Å²) in [6.45, 7) is 18.4. The van der Waals surface area contributed by atoms with E-state index in [9.17, 15) is 14.7 Å². The highest BCUT2D eigenvalue weighted by Crippen LogP contribution is 2.30. The lowest BCUT2D eigenvalue weighted by atomic mass is 9.82. The van der Waals surface area contributed by atoms with Crippen LogP contribution in [0.5, 0.6) is 5.75 Å². The molecule has 4 rings (SSSR count). The molecular weight excluding hydrogens is 570 g/mol. The van der Waals surface area contributed by atoms with Crippen LogP contribution in [0.2, 0.25) is 0 Å². The van der Waals surface area contributed by atoms with E-state index in [0.29, 0.717) is 34.8 Å². The Hall–Kier alpha value is -4.04. The maximum Gasteiger partial charge on any atom is 0.274 e. The number of amides is 2. The van der Waals surface area contributed by atoms with Crippen LogP contribution in [0.15, 0.2) is 53.9 Å². The predicted octanol–water partition coefficient (Wildman–Crippen LogP) is 4.17. The molecule has 0 saturated carbocycles. The van der Waals surface area contributed by atoms with Crippen LogP contribution in [-0.4, -0.2) is 51.8 Å². The highest BCUT2D eigenvalue weighted by atomic mass is 31.0. The van der Waals surface area contributed by atoms with Crippen LogP contribution >= 0.6 is 9.24 Å². The highest BCUT2D eigenvalue weighted by Gasteiger charge is 2.31. The number of carbonyl (C=O) groups excluding carboxylic acids is 2. The van der Waals surface area contributed by atoms with Gasteiger partial charge in [-0.15, -0.1) is 9.24 Å². The van der Waals surface area contributed by atoms with Gasteiger partial charge in [-0.3, -0.25) is 19.2 Å². The summed E-state index contributed by atoms with van der Waals surface area (Å²) in [5.41, 5.74) is 6.31. The van der Waals surface area contributed by atoms with E-state index in [4.69, 9.17) is 4.99 Å². The minimum atomic E-state index is -0.410. The number of anilines is 2. The number of phenolic OH excluding ortho intramolecular Hbond substituents is 1. The second-order valence-electron chi connectivity index (χ2n) is 11.8. The Morgan fingerprint density at radius 2 is 1.98 bits per heavy atom. The molecule has 1 aromatic carbocycles. The summed E-state index contributed by atoms with van der Waals surface area (Å²) >= 11 is 0. The van der Waals surface area contributed by atoms with E-state index in [1.807, 2.05) is 47.7 Å². The second kappa shape index (κ2) is 13.3. The van der Waals surface area contributed by atoms with Crippen molar-refractivity contribution >= 4 is 62.6 Å². The lowest BCUT2D eigenvalue weighted by molar-refractivity contribution is -0.120. The molecule has 2 amide bonds. The molecule has 0 radical (unpaired) electrons. The fraction of sp³-hybridized carbons (Fsp3) is 0.364. The normalized spacial score (nSPS) is 16.5. The Kier molecular flexibility index (Phi) is 9.94. The molecule has 0 aliphatic carbocycles. The van der Waals surface area contributed by atoms with Gasteiger partial charge in [-0.2, -0.15) is 5.10 Å². The summed E-state index contributed by atoms with van der Waals surface area (Å²) < 4.78 is 1.77. The molecule has 1 aliphatic rings. The molecular formula is C33H42BN6O3P. The third-order valence-electron chi connectivity index (χ3n) is 8.31. The van der Waals surface area contributed by atoms with Gasteiger partial charge in [0.2, 0.25) is 5.91 Å². The topological polar surface area (TPSA) is 113 Å². The number of nitrogens with zero attached hydrogens (tertiary/aromatic N) is 5. The SMILES string of the molecule is Bc1c(O)ccc(C(C)C)c1C(=C/C)/N=C(\C(=C)C)C(=O)Nc1cnn(C(C)c2cnc(N3CC[C@@H](C)C3=O)c(P)c2C)c1. The molecule has 44 heavy (non-hydrogen) atoms. The van der Waals surface area contributed by atoms with E-state index < -0.39 is 5.91 Å². The zero-order valence-electron chi connectivity index (χ0n) is 26.9. The molecule has 2 aromatic heterocycles. The fourth-order valence-electron chi connectivity index (χ4n) is 5.50. The van der Waals surface area contributed by atoms with Gasteiger partial charge in [-0.25, -0.2) is 9.98 Å². The Balaban J connectivity index is 1.58. The number of benzene rings is 1. The molecule has 0 bridgehead atoms.